The van der Waals surface area contributed by atoms with Crippen LogP contribution >= 0.6 is 0 Å². The van der Waals surface area contributed by atoms with Gasteiger partial charge in [-0.05, 0) is 62.1 Å². The van der Waals surface area contributed by atoms with Crippen LogP contribution in [-0.4, -0.2) is 34.2 Å². The molecule has 4 rings (SSSR count). The van der Waals surface area contributed by atoms with E-state index in [4.69, 9.17) is 14.0 Å². The zero-order chi connectivity index (χ0) is 24.8. The second-order valence-electron chi connectivity index (χ2n) is 8.50. The largest absolute Gasteiger partial charge is 0.494 e. The fraction of sp³-hybridized carbons (Fsp3) is 0.333. The number of aromatic nitrogens is 3. The number of benzene rings is 2. The minimum atomic E-state index is -0.262. The Balaban J connectivity index is 1.41. The maximum atomic E-state index is 12.5. The van der Waals surface area contributed by atoms with E-state index < -0.39 is 0 Å². The van der Waals surface area contributed by atoms with Crippen LogP contribution < -0.4 is 14.8 Å². The van der Waals surface area contributed by atoms with Crippen LogP contribution in [0.5, 0.6) is 11.6 Å². The second-order valence-corrected chi connectivity index (χ2v) is 8.50. The lowest BCUT2D eigenvalue weighted by molar-refractivity contribution is -0.123. The minimum absolute atomic E-state index is 0.193. The Morgan fingerprint density at radius 3 is 2.54 bits per heavy atom. The van der Waals surface area contributed by atoms with Gasteiger partial charge < -0.3 is 19.3 Å². The molecule has 2 aromatic carbocycles. The van der Waals surface area contributed by atoms with Gasteiger partial charge in [0.25, 0.3) is 11.6 Å². The van der Waals surface area contributed by atoms with Gasteiger partial charge in [-0.2, -0.15) is 9.97 Å². The van der Waals surface area contributed by atoms with Crippen LogP contribution in [0.4, 0.5) is 0 Å². The van der Waals surface area contributed by atoms with Gasteiger partial charge in [0.15, 0.2) is 6.61 Å². The van der Waals surface area contributed by atoms with Crippen LogP contribution in [0.2, 0.25) is 0 Å². The SMILES string of the molecule is CCCCOc1ccc(CNC(=O)COc2nc(C)nc3onc(-c4ccc(C)c(C)c4)c23)cc1. The monoisotopic (exact) mass is 474 g/mol. The highest BCUT2D eigenvalue weighted by molar-refractivity contribution is 5.93. The molecule has 0 bridgehead atoms. The molecule has 2 heterocycles. The van der Waals surface area contributed by atoms with Gasteiger partial charge in [0.05, 0.1) is 6.61 Å². The lowest BCUT2D eigenvalue weighted by Gasteiger charge is -2.10. The van der Waals surface area contributed by atoms with Gasteiger partial charge >= 0.3 is 0 Å². The number of nitrogens with one attached hydrogen (secondary N) is 1. The molecule has 0 aliphatic carbocycles. The standard InChI is InChI=1S/C27H30N4O4/c1-5-6-13-33-22-11-8-20(9-12-22)15-28-23(32)16-34-26-24-25(21-10-7-17(2)18(3)14-21)31-35-27(24)30-19(4)29-26/h7-12,14H,5-6,13,15-16H2,1-4H3,(H,28,32). The Bertz CT molecular complexity index is 1320. The van der Waals surface area contributed by atoms with E-state index in [1.807, 2.05) is 49.4 Å². The Kier molecular flexibility index (Phi) is 7.60. The summed E-state index contributed by atoms with van der Waals surface area (Å²) >= 11 is 0. The number of aryl methyl sites for hydroxylation is 3. The number of carbonyl (C=O) groups excluding carboxylic acids is 1. The first-order valence-corrected chi connectivity index (χ1v) is 11.8. The van der Waals surface area contributed by atoms with Crippen LogP contribution in [0, 0.1) is 20.8 Å². The van der Waals surface area contributed by atoms with Crippen molar-refractivity contribution in [1.82, 2.24) is 20.4 Å². The maximum Gasteiger partial charge on any atom is 0.265 e. The van der Waals surface area contributed by atoms with Crippen molar-refractivity contribution in [2.75, 3.05) is 13.2 Å². The van der Waals surface area contributed by atoms with Crippen molar-refractivity contribution in [3.63, 3.8) is 0 Å². The number of carbonyl (C=O) groups is 1. The molecular weight excluding hydrogens is 444 g/mol. The first kappa shape index (κ1) is 24.2. The van der Waals surface area contributed by atoms with Gasteiger partial charge in [-0.3, -0.25) is 4.79 Å². The van der Waals surface area contributed by atoms with E-state index in [2.05, 4.69) is 34.3 Å². The fourth-order valence-electron chi connectivity index (χ4n) is 3.54. The summed E-state index contributed by atoms with van der Waals surface area (Å²) in [7, 11) is 0. The average Bonchev–Trinajstić information content (AvgIpc) is 3.27. The summed E-state index contributed by atoms with van der Waals surface area (Å²) in [4.78, 5) is 21.2. The molecule has 0 aliphatic rings. The second kappa shape index (κ2) is 11.0. The fourth-order valence-corrected chi connectivity index (χ4v) is 3.54. The molecule has 0 spiro atoms. The van der Waals surface area contributed by atoms with Gasteiger partial charge in [0.2, 0.25) is 5.88 Å². The number of hydrogen-bond donors (Lipinski definition) is 1. The number of rotatable bonds is 10. The normalized spacial score (nSPS) is 11.0. The first-order valence-electron chi connectivity index (χ1n) is 11.8. The molecule has 0 saturated heterocycles. The molecular formula is C27H30N4O4. The van der Waals surface area contributed by atoms with E-state index in [9.17, 15) is 4.79 Å². The summed E-state index contributed by atoms with van der Waals surface area (Å²) in [6.07, 6.45) is 2.12. The highest BCUT2D eigenvalue weighted by Gasteiger charge is 2.20. The number of unbranched alkanes of at least 4 members (excludes halogenated alkanes) is 1. The summed E-state index contributed by atoms with van der Waals surface area (Å²) in [5, 5.41) is 7.62. The highest BCUT2D eigenvalue weighted by atomic mass is 16.5. The van der Waals surface area contributed by atoms with Gasteiger partial charge in [-0.1, -0.05) is 42.8 Å². The van der Waals surface area contributed by atoms with Gasteiger partial charge in [-0.25, -0.2) is 0 Å². The third-order valence-corrected chi connectivity index (χ3v) is 5.71. The summed E-state index contributed by atoms with van der Waals surface area (Å²) in [6.45, 7) is 8.85. The Morgan fingerprint density at radius 2 is 1.80 bits per heavy atom. The van der Waals surface area contributed by atoms with Crippen molar-refractivity contribution in [2.24, 2.45) is 0 Å². The molecule has 0 aliphatic heterocycles. The van der Waals surface area contributed by atoms with E-state index in [-0.39, 0.29) is 18.4 Å². The Morgan fingerprint density at radius 1 is 1.00 bits per heavy atom. The molecule has 0 radical (unpaired) electrons. The third kappa shape index (κ3) is 5.95. The van der Waals surface area contributed by atoms with E-state index in [1.54, 1.807) is 6.92 Å². The lowest BCUT2D eigenvalue weighted by Crippen LogP contribution is -2.28. The molecule has 8 nitrogen and oxygen atoms in total. The van der Waals surface area contributed by atoms with Crippen molar-refractivity contribution in [3.05, 3.63) is 65.0 Å². The number of hydrogen-bond acceptors (Lipinski definition) is 7. The number of nitrogens with zero attached hydrogens (tertiary/aromatic N) is 3. The van der Waals surface area contributed by atoms with Gasteiger partial charge in [-0.15, -0.1) is 0 Å². The maximum absolute atomic E-state index is 12.5. The first-order chi connectivity index (χ1) is 16.9. The Labute approximate surface area is 204 Å². The molecule has 2 aromatic heterocycles. The molecule has 0 unspecified atom stereocenters. The van der Waals surface area contributed by atoms with Crippen molar-refractivity contribution in [1.29, 1.82) is 0 Å². The molecule has 1 amide bonds. The number of fused-ring (bicyclic) bond motifs is 1. The molecule has 1 N–H and O–H groups in total. The smallest absolute Gasteiger partial charge is 0.265 e. The minimum Gasteiger partial charge on any atom is -0.494 e. The molecule has 0 fully saturated rings. The van der Waals surface area contributed by atoms with Crippen molar-refractivity contribution in [3.8, 4) is 22.9 Å². The van der Waals surface area contributed by atoms with Gasteiger partial charge in [0, 0.05) is 12.1 Å². The van der Waals surface area contributed by atoms with E-state index in [0.29, 0.717) is 35.8 Å². The molecule has 4 aromatic rings. The average molecular weight is 475 g/mol. The van der Waals surface area contributed by atoms with E-state index >= 15 is 0 Å². The van der Waals surface area contributed by atoms with Crippen LogP contribution in [0.1, 0.15) is 42.3 Å². The predicted molar refractivity (Wildman–Crippen MR) is 133 cm³/mol. The predicted octanol–water partition coefficient (Wildman–Crippen LogP) is 5.08. The number of ether oxygens (including phenoxy) is 2. The van der Waals surface area contributed by atoms with Crippen LogP contribution in [0.15, 0.2) is 47.0 Å². The van der Waals surface area contributed by atoms with Crippen molar-refractivity contribution in [2.45, 2.75) is 47.1 Å². The highest BCUT2D eigenvalue weighted by Crippen LogP contribution is 2.33. The van der Waals surface area contributed by atoms with Crippen LogP contribution in [0.3, 0.4) is 0 Å². The van der Waals surface area contributed by atoms with Crippen LogP contribution in [-0.2, 0) is 11.3 Å². The quantitative estimate of drug-likeness (QED) is 0.320. The topological polar surface area (TPSA) is 99.4 Å². The summed E-state index contributed by atoms with van der Waals surface area (Å²) in [5.74, 6) is 1.30. The summed E-state index contributed by atoms with van der Waals surface area (Å²) < 4.78 is 16.9. The molecule has 35 heavy (non-hydrogen) atoms. The summed E-state index contributed by atoms with van der Waals surface area (Å²) in [6, 6.07) is 13.7. The third-order valence-electron chi connectivity index (χ3n) is 5.71. The molecule has 0 atom stereocenters. The zero-order valence-electron chi connectivity index (χ0n) is 20.6. The van der Waals surface area contributed by atoms with Crippen LogP contribution in [0.25, 0.3) is 22.4 Å². The van der Waals surface area contributed by atoms with Crippen molar-refractivity contribution < 1.29 is 18.8 Å². The Hall–Kier alpha value is -3.94. The van der Waals surface area contributed by atoms with E-state index in [0.717, 1.165) is 35.3 Å². The van der Waals surface area contributed by atoms with Gasteiger partial charge in [0.1, 0.15) is 22.7 Å². The molecule has 0 saturated carbocycles. The van der Waals surface area contributed by atoms with Crippen molar-refractivity contribution >= 4 is 17.0 Å². The lowest BCUT2D eigenvalue weighted by atomic mass is 10.0. The van der Waals surface area contributed by atoms with E-state index in [1.165, 1.54) is 5.56 Å². The number of amides is 1. The molecule has 182 valence electrons. The molecule has 8 heteroatoms. The zero-order valence-corrected chi connectivity index (χ0v) is 20.6. The summed E-state index contributed by atoms with van der Waals surface area (Å²) in [5.41, 5.74) is 5.06.